The quantitative estimate of drug-likeness (QED) is 0.880. The van der Waals surface area contributed by atoms with Gasteiger partial charge in [0.1, 0.15) is 5.75 Å². The maximum absolute atomic E-state index is 12.1. The summed E-state index contributed by atoms with van der Waals surface area (Å²) < 4.78 is 40.2. The molecule has 0 saturated heterocycles. The Labute approximate surface area is 103 Å². The highest BCUT2D eigenvalue weighted by molar-refractivity contribution is 5.31. The van der Waals surface area contributed by atoms with E-state index in [1.807, 2.05) is 0 Å². The minimum Gasteiger partial charge on any atom is -0.406 e. The molecule has 18 heavy (non-hydrogen) atoms. The van der Waals surface area contributed by atoms with Crippen molar-refractivity contribution in [2.24, 2.45) is 0 Å². The number of hydrogen-bond donors (Lipinski definition) is 1. The van der Waals surface area contributed by atoms with Crippen LogP contribution in [0, 0.1) is 0 Å². The van der Waals surface area contributed by atoms with Gasteiger partial charge >= 0.3 is 6.36 Å². The van der Waals surface area contributed by atoms with E-state index in [9.17, 15) is 18.3 Å². The van der Waals surface area contributed by atoms with Crippen LogP contribution in [0.25, 0.3) is 0 Å². The topological polar surface area (TPSA) is 29.5 Å². The number of aliphatic hydroxyl groups is 1. The SMILES string of the molecule is OC1CCCC(c2cccc(OC(F)(F)F)c2)C1. The zero-order valence-electron chi connectivity index (χ0n) is 9.78. The van der Waals surface area contributed by atoms with Gasteiger partial charge in [-0.15, -0.1) is 13.2 Å². The average molecular weight is 260 g/mol. The molecule has 2 nitrogen and oxygen atoms in total. The largest absolute Gasteiger partial charge is 0.573 e. The van der Waals surface area contributed by atoms with E-state index in [-0.39, 0.29) is 17.8 Å². The van der Waals surface area contributed by atoms with Gasteiger partial charge in [0.05, 0.1) is 6.10 Å². The maximum Gasteiger partial charge on any atom is 0.573 e. The van der Waals surface area contributed by atoms with Gasteiger partial charge in [0.2, 0.25) is 0 Å². The number of aliphatic hydroxyl groups excluding tert-OH is 1. The van der Waals surface area contributed by atoms with E-state index < -0.39 is 6.36 Å². The molecule has 100 valence electrons. The molecule has 1 N–H and O–H groups in total. The molecule has 1 aliphatic carbocycles. The van der Waals surface area contributed by atoms with Gasteiger partial charge in [0.15, 0.2) is 0 Å². The molecule has 0 amide bonds. The minimum absolute atomic E-state index is 0.116. The number of hydrogen-bond acceptors (Lipinski definition) is 2. The van der Waals surface area contributed by atoms with E-state index in [1.165, 1.54) is 12.1 Å². The highest BCUT2D eigenvalue weighted by atomic mass is 19.4. The van der Waals surface area contributed by atoms with Gasteiger partial charge in [-0.25, -0.2) is 0 Å². The Kier molecular flexibility index (Phi) is 3.80. The van der Waals surface area contributed by atoms with Gasteiger partial charge in [-0.05, 0) is 42.9 Å². The van der Waals surface area contributed by atoms with E-state index in [1.54, 1.807) is 12.1 Å². The van der Waals surface area contributed by atoms with Crippen LogP contribution >= 0.6 is 0 Å². The van der Waals surface area contributed by atoms with Gasteiger partial charge in [-0.1, -0.05) is 18.6 Å². The Hall–Kier alpha value is -1.23. The summed E-state index contributed by atoms with van der Waals surface area (Å²) in [4.78, 5) is 0. The van der Waals surface area contributed by atoms with Gasteiger partial charge in [-0.2, -0.15) is 0 Å². The number of ether oxygens (including phenoxy) is 1. The second-order valence-corrected chi connectivity index (χ2v) is 4.64. The lowest BCUT2D eigenvalue weighted by atomic mass is 9.82. The van der Waals surface area contributed by atoms with Crippen LogP contribution in [0.2, 0.25) is 0 Å². The van der Waals surface area contributed by atoms with Gasteiger partial charge < -0.3 is 9.84 Å². The monoisotopic (exact) mass is 260 g/mol. The lowest BCUT2D eigenvalue weighted by Gasteiger charge is -2.26. The molecule has 1 aromatic carbocycles. The number of halogens is 3. The Morgan fingerprint density at radius 3 is 2.67 bits per heavy atom. The molecule has 1 aromatic rings. The van der Waals surface area contributed by atoms with Gasteiger partial charge in [0.25, 0.3) is 0 Å². The summed E-state index contributed by atoms with van der Waals surface area (Å²) in [5, 5.41) is 9.59. The van der Waals surface area contributed by atoms with Gasteiger partial charge in [0, 0.05) is 0 Å². The molecule has 1 aliphatic rings. The molecule has 5 heteroatoms. The minimum atomic E-state index is -4.66. The molecular formula is C13H15F3O2. The van der Waals surface area contributed by atoms with Crippen LogP contribution in [0.1, 0.15) is 37.2 Å². The molecule has 0 aromatic heterocycles. The van der Waals surface area contributed by atoms with Crippen molar-refractivity contribution in [3.8, 4) is 5.75 Å². The van der Waals surface area contributed by atoms with Crippen molar-refractivity contribution >= 4 is 0 Å². The molecule has 1 saturated carbocycles. The number of rotatable bonds is 2. The zero-order valence-corrected chi connectivity index (χ0v) is 9.78. The van der Waals surface area contributed by atoms with E-state index in [4.69, 9.17) is 0 Å². The molecule has 2 unspecified atom stereocenters. The van der Waals surface area contributed by atoms with Crippen molar-refractivity contribution in [3.05, 3.63) is 29.8 Å². The fraction of sp³-hybridized carbons (Fsp3) is 0.538. The smallest absolute Gasteiger partial charge is 0.406 e. The first-order valence-corrected chi connectivity index (χ1v) is 5.98. The standard InChI is InChI=1S/C13H15F3O2/c14-13(15,16)18-12-6-2-4-10(8-12)9-3-1-5-11(17)7-9/h2,4,6,8-9,11,17H,1,3,5,7H2. The molecule has 2 rings (SSSR count). The van der Waals surface area contributed by atoms with E-state index in [2.05, 4.69) is 4.74 Å². The number of benzene rings is 1. The van der Waals surface area contributed by atoms with Crippen LogP contribution in [0.4, 0.5) is 13.2 Å². The molecule has 0 radical (unpaired) electrons. The molecule has 1 fully saturated rings. The third kappa shape index (κ3) is 3.63. The Bertz CT molecular complexity index is 403. The maximum atomic E-state index is 12.1. The fourth-order valence-electron chi connectivity index (χ4n) is 2.43. The highest BCUT2D eigenvalue weighted by Crippen LogP contribution is 2.35. The fourth-order valence-corrected chi connectivity index (χ4v) is 2.43. The Morgan fingerprint density at radius 2 is 2.00 bits per heavy atom. The summed E-state index contributed by atoms with van der Waals surface area (Å²) in [5.74, 6) is -0.0782. The van der Waals surface area contributed by atoms with E-state index in [0.717, 1.165) is 24.8 Å². The summed E-state index contributed by atoms with van der Waals surface area (Å²) in [6.45, 7) is 0. The van der Waals surface area contributed by atoms with E-state index in [0.29, 0.717) is 6.42 Å². The van der Waals surface area contributed by atoms with Crippen LogP contribution < -0.4 is 4.74 Å². The second kappa shape index (κ2) is 5.18. The van der Waals surface area contributed by atoms with Crippen molar-refractivity contribution in [3.63, 3.8) is 0 Å². The van der Waals surface area contributed by atoms with Crippen LogP contribution in [-0.4, -0.2) is 17.6 Å². The second-order valence-electron chi connectivity index (χ2n) is 4.64. The summed E-state index contributed by atoms with van der Waals surface area (Å²) in [6.07, 6.45) is -1.84. The van der Waals surface area contributed by atoms with Crippen LogP contribution in [0.15, 0.2) is 24.3 Å². The molecule has 0 heterocycles. The summed E-state index contributed by atoms with van der Waals surface area (Å²) in [6, 6.07) is 6.04. The third-order valence-electron chi connectivity index (χ3n) is 3.21. The summed E-state index contributed by atoms with van der Waals surface area (Å²) in [7, 11) is 0. The predicted molar refractivity (Wildman–Crippen MR) is 60.3 cm³/mol. The van der Waals surface area contributed by atoms with Crippen molar-refractivity contribution in [1.82, 2.24) is 0 Å². The lowest BCUT2D eigenvalue weighted by molar-refractivity contribution is -0.274. The number of alkyl halides is 3. The summed E-state index contributed by atoms with van der Waals surface area (Å²) in [5.41, 5.74) is 0.801. The molecule has 2 atom stereocenters. The average Bonchev–Trinajstić information content (AvgIpc) is 2.27. The molecule has 0 bridgehead atoms. The normalized spacial score (nSPS) is 24.9. The van der Waals surface area contributed by atoms with Crippen molar-refractivity contribution in [2.75, 3.05) is 0 Å². The van der Waals surface area contributed by atoms with Gasteiger partial charge in [-0.3, -0.25) is 0 Å². The molecule has 0 aliphatic heterocycles. The van der Waals surface area contributed by atoms with Crippen LogP contribution in [0.5, 0.6) is 5.75 Å². The van der Waals surface area contributed by atoms with Crippen LogP contribution in [-0.2, 0) is 0 Å². The third-order valence-corrected chi connectivity index (χ3v) is 3.21. The first-order valence-electron chi connectivity index (χ1n) is 5.98. The zero-order chi connectivity index (χ0) is 13.2. The lowest BCUT2D eigenvalue weighted by Crippen LogP contribution is -2.19. The Morgan fingerprint density at radius 1 is 1.22 bits per heavy atom. The van der Waals surface area contributed by atoms with Crippen molar-refractivity contribution in [2.45, 2.75) is 44.1 Å². The first-order chi connectivity index (χ1) is 8.44. The van der Waals surface area contributed by atoms with Crippen molar-refractivity contribution < 1.29 is 23.0 Å². The Balaban J connectivity index is 2.11. The van der Waals surface area contributed by atoms with Crippen LogP contribution in [0.3, 0.4) is 0 Å². The highest BCUT2D eigenvalue weighted by Gasteiger charge is 2.31. The van der Waals surface area contributed by atoms with E-state index >= 15 is 0 Å². The van der Waals surface area contributed by atoms with Crippen molar-refractivity contribution in [1.29, 1.82) is 0 Å². The predicted octanol–water partition coefficient (Wildman–Crippen LogP) is 3.60. The summed E-state index contributed by atoms with van der Waals surface area (Å²) >= 11 is 0. The first kappa shape index (κ1) is 13.2. The molecular weight excluding hydrogens is 245 g/mol. The molecule has 0 spiro atoms.